The van der Waals surface area contributed by atoms with Gasteiger partial charge < -0.3 is 4.74 Å². The van der Waals surface area contributed by atoms with Gasteiger partial charge in [0, 0.05) is 19.4 Å². The molecule has 0 aromatic heterocycles. The van der Waals surface area contributed by atoms with Crippen LogP contribution in [0.3, 0.4) is 0 Å². The Labute approximate surface area is 73.3 Å². The summed E-state index contributed by atoms with van der Waals surface area (Å²) in [6.45, 7) is 0.901. The zero-order chi connectivity index (χ0) is 8.39. The maximum Gasteiger partial charge on any atom is 0.138 e. The number of Topliss-reactive ketones (excluding diaryl/α,β-unsaturated/α-hetero) is 1. The summed E-state index contributed by atoms with van der Waals surface area (Å²) in [7, 11) is 0. The maximum atomic E-state index is 10.6. The zero-order valence-electron chi connectivity index (χ0n) is 7.42. The first-order valence-corrected chi connectivity index (χ1v) is 4.98. The number of rotatable bonds is 3. The van der Waals surface area contributed by atoms with E-state index in [0.29, 0.717) is 18.6 Å². The van der Waals surface area contributed by atoms with Gasteiger partial charge in [0.15, 0.2) is 0 Å². The van der Waals surface area contributed by atoms with E-state index in [2.05, 4.69) is 0 Å². The molecule has 2 heteroatoms. The molecule has 0 aliphatic heterocycles. The molecule has 0 bridgehead atoms. The van der Waals surface area contributed by atoms with Gasteiger partial charge in [-0.25, -0.2) is 0 Å². The number of ether oxygens (including phenoxy) is 1. The lowest BCUT2D eigenvalue weighted by molar-refractivity contribution is -0.135. The van der Waals surface area contributed by atoms with Crippen molar-refractivity contribution in [3.63, 3.8) is 0 Å². The minimum absolute atomic E-state index is 0.276. The van der Waals surface area contributed by atoms with Gasteiger partial charge in [0.25, 0.3) is 0 Å². The standard InChI is InChI=1S/C10H16O2/c11-9-5-10(6-9)12-7-8-3-1-2-4-8/h8,10H,1-7H2. The summed E-state index contributed by atoms with van der Waals surface area (Å²) < 4.78 is 5.61. The van der Waals surface area contributed by atoms with E-state index in [9.17, 15) is 4.79 Å². The Kier molecular flexibility index (Phi) is 2.45. The average molecular weight is 168 g/mol. The van der Waals surface area contributed by atoms with E-state index in [-0.39, 0.29) is 6.10 Å². The van der Waals surface area contributed by atoms with Crippen LogP contribution < -0.4 is 0 Å². The van der Waals surface area contributed by atoms with Crippen molar-refractivity contribution in [3.8, 4) is 0 Å². The van der Waals surface area contributed by atoms with Crippen molar-refractivity contribution >= 4 is 5.78 Å². The zero-order valence-corrected chi connectivity index (χ0v) is 7.42. The van der Waals surface area contributed by atoms with Crippen LogP contribution in [-0.2, 0) is 9.53 Å². The second kappa shape index (κ2) is 3.56. The van der Waals surface area contributed by atoms with Crippen molar-refractivity contribution in [2.24, 2.45) is 5.92 Å². The van der Waals surface area contributed by atoms with E-state index in [1.807, 2.05) is 0 Å². The molecule has 2 saturated carbocycles. The molecule has 0 amide bonds. The molecule has 0 N–H and O–H groups in total. The van der Waals surface area contributed by atoms with E-state index in [1.54, 1.807) is 0 Å². The summed E-state index contributed by atoms with van der Waals surface area (Å²) >= 11 is 0. The molecule has 2 fully saturated rings. The summed E-state index contributed by atoms with van der Waals surface area (Å²) in [5.41, 5.74) is 0. The van der Waals surface area contributed by atoms with Gasteiger partial charge in [-0.05, 0) is 18.8 Å². The SMILES string of the molecule is O=C1CC(OCC2CCCC2)C1. The highest BCUT2D eigenvalue weighted by atomic mass is 16.5. The minimum atomic E-state index is 0.276. The van der Waals surface area contributed by atoms with Crippen LogP contribution in [0.5, 0.6) is 0 Å². The highest BCUT2D eigenvalue weighted by Gasteiger charge is 2.28. The molecule has 2 nitrogen and oxygen atoms in total. The van der Waals surface area contributed by atoms with Gasteiger partial charge in [-0.15, -0.1) is 0 Å². The largest absolute Gasteiger partial charge is 0.377 e. The van der Waals surface area contributed by atoms with Gasteiger partial charge in [0.05, 0.1) is 6.10 Å². The molecule has 2 rings (SSSR count). The van der Waals surface area contributed by atoms with Gasteiger partial charge >= 0.3 is 0 Å². The summed E-state index contributed by atoms with van der Waals surface area (Å²) in [5.74, 6) is 1.16. The quantitative estimate of drug-likeness (QED) is 0.643. The Morgan fingerprint density at radius 3 is 2.50 bits per heavy atom. The summed E-state index contributed by atoms with van der Waals surface area (Å²) in [6.07, 6.45) is 7.04. The lowest BCUT2D eigenvalue weighted by Crippen LogP contribution is -2.32. The number of carbonyl (C=O) groups excluding carboxylic acids is 1. The fraction of sp³-hybridized carbons (Fsp3) is 0.900. The van der Waals surface area contributed by atoms with E-state index in [1.165, 1.54) is 25.7 Å². The van der Waals surface area contributed by atoms with Crippen molar-refractivity contribution < 1.29 is 9.53 Å². The molecule has 0 heterocycles. The summed E-state index contributed by atoms with van der Waals surface area (Å²) in [6, 6.07) is 0. The molecule has 12 heavy (non-hydrogen) atoms. The third-order valence-electron chi connectivity index (χ3n) is 2.95. The highest BCUT2D eigenvalue weighted by molar-refractivity contribution is 5.85. The molecule has 0 radical (unpaired) electrons. The molecule has 0 saturated heterocycles. The first kappa shape index (κ1) is 8.24. The van der Waals surface area contributed by atoms with E-state index < -0.39 is 0 Å². The Balaban J connectivity index is 1.59. The van der Waals surface area contributed by atoms with Crippen LogP contribution in [0.2, 0.25) is 0 Å². The minimum Gasteiger partial charge on any atom is -0.377 e. The fourth-order valence-electron chi connectivity index (χ4n) is 2.02. The molecule has 2 aliphatic carbocycles. The molecular weight excluding hydrogens is 152 g/mol. The Bertz CT molecular complexity index is 163. The molecular formula is C10H16O2. The van der Waals surface area contributed by atoms with Crippen molar-refractivity contribution in [1.82, 2.24) is 0 Å². The average Bonchev–Trinajstić information content (AvgIpc) is 2.47. The van der Waals surface area contributed by atoms with Gasteiger partial charge in [-0.3, -0.25) is 4.79 Å². The fourth-order valence-corrected chi connectivity index (χ4v) is 2.02. The van der Waals surface area contributed by atoms with E-state index >= 15 is 0 Å². The predicted octanol–water partition coefficient (Wildman–Crippen LogP) is 1.92. The van der Waals surface area contributed by atoms with Crippen molar-refractivity contribution in [3.05, 3.63) is 0 Å². The number of ketones is 1. The lowest BCUT2D eigenvalue weighted by atomic mass is 9.94. The topological polar surface area (TPSA) is 26.3 Å². The monoisotopic (exact) mass is 168 g/mol. The molecule has 0 spiro atoms. The molecule has 0 unspecified atom stereocenters. The van der Waals surface area contributed by atoms with E-state index in [0.717, 1.165) is 12.5 Å². The van der Waals surface area contributed by atoms with Crippen molar-refractivity contribution in [2.45, 2.75) is 44.6 Å². The van der Waals surface area contributed by atoms with Gasteiger partial charge in [0.2, 0.25) is 0 Å². The number of hydrogen-bond acceptors (Lipinski definition) is 2. The van der Waals surface area contributed by atoms with Crippen molar-refractivity contribution in [2.75, 3.05) is 6.61 Å². The summed E-state index contributed by atoms with van der Waals surface area (Å²) in [5, 5.41) is 0. The van der Waals surface area contributed by atoms with Gasteiger partial charge in [-0.1, -0.05) is 12.8 Å². The third-order valence-corrected chi connectivity index (χ3v) is 2.95. The Hall–Kier alpha value is -0.370. The van der Waals surface area contributed by atoms with Crippen LogP contribution in [0.15, 0.2) is 0 Å². The maximum absolute atomic E-state index is 10.6. The van der Waals surface area contributed by atoms with Gasteiger partial charge in [-0.2, -0.15) is 0 Å². The summed E-state index contributed by atoms with van der Waals surface area (Å²) in [4.78, 5) is 10.6. The molecule has 0 aromatic carbocycles. The van der Waals surface area contributed by atoms with Crippen LogP contribution in [0.25, 0.3) is 0 Å². The molecule has 2 aliphatic rings. The molecule has 0 aromatic rings. The number of hydrogen-bond donors (Lipinski definition) is 0. The van der Waals surface area contributed by atoms with Crippen LogP contribution in [0.1, 0.15) is 38.5 Å². The first-order valence-electron chi connectivity index (χ1n) is 4.98. The van der Waals surface area contributed by atoms with Crippen molar-refractivity contribution in [1.29, 1.82) is 0 Å². The smallest absolute Gasteiger partial charge is 0.138 e. The Morgan fingerprint density at radius 1 is 1.25 bits per heavy atom. The van der Waals surface area contributed by atoms with Crippen LogP contribution in [0.4, 0.5) is 0 Å². The van der Waals surface area contributed by atoms with E-state index in [4.69, 9.17) is 4.74 Å². The second-order valence-corrected chi connectivity index (χ2v) is 4.05. The normalized spacial score (nSPS) is 26.2. The molecule has 68 valence electrons. The number of carbonyl (C=O) groups is 1. The van der Waals surface area contributed by atoms with Crippen LogP contribution in [-0.4, -0.2) is 18.5 Å². The third kappa shape index (κ3) is 1.86. The van der Waals surface area contributed by atoms with Crippen LogP contribution in [0, 0.1) is 5.92 Å². The Morgan fingerprint density at radius 2 is 1.92 bits per heavy atom. The van der Waals surface area contributed by atoms with Crippen LogP contribution >= 0.6 is 0 Å². The second-order valence-electron chi connectivity index (χ2n) is 4.05. The molecule has 0 atom stereocenters. The predicted molar refractivity (Wildman–Crippen MR) is 45.9 cm³/mol. The first-order chi connectivity index (χ1) is 5.84. The highest BCUT2D eigenvalue weighted by Crippen LogP contribution is 2.27. The van der Waals surface area contributed by atoms with Gasteiger partial charge in [0.1, 0.15) is 5.78 Å². The lowest BCUT2D eigenvalue weighted by Gasteiger charge is -2.25.